The number of hydrogen-bond donors (Lipinski definition) is 1. The van der Waals surface area contributed by atoms with Crippen LogP contribution in [0.2, 0.25) is 0 Å². The molecule has 0 radical (unpaired) electrons. The van der Waals surface area contributed by atoms with Crippen molar-refractivity contribution in [1.29, 1.82) is 0 Å². The minimum atomic E-state index is -0.884. The van der Waals surface area contributed by atoms with Gasteiger partial charge in [0.1, 0.15) is 4.88 Å². The quantitative estimate of drug-likeness (QED) is 0.885. The van der Waals surface area contributed by atoms with E-state index in [9.17, 15) is 14.7 Å². The molecule has 4 heterocycles. The maximum Gasteiger partial charge on any atom is 0.345 e. The number of carboxylic acid groups (broad SMARTS) is 1. The molecule has 4 rings (SSSR count). The van der Waals surface area contributed by atoms with Gasteiger partial charge in [-0.05, 0) is 30.5 Å². The summed E-state index contributed by atoms with van der Waals surface area (Å²) in [6, 6.07) is 3.62. The first-order valence-corrected chi connectivity index (χ1v) is 9.65. The molecule has 138 valence electrons. The van der Waals surface area contributed by atoms with Gasteiger partial charge in [0.25, 0.3) is 0 Å². The van der Waals surface area contributed by atoms with Crippen molar-refractivity contribution in [3.8, 4) is 0 Å². The van der Waals surface area contributed by atoms with E-state index in [0.29, 0.717) is 50.4 Å². The van der Waals surface area contributed by atoms with Crippen molar-refractivity contribution >= 4 is 23.2 Å². The first kappa shape index (κ1) is 17.2. The van der Waals surface area contributed by atoms with Crippen molar-refractivity contribution in [2.45, 2.75) is 37.8 Å². The number of likely N-dealkylation sites (tertiary alicyclic amines) is 1. The van der Waals surface area contributed by atoms with Gasteiger partial charge < -0.3 is 14.7 Å². The largest absolute Gasteiger partial charge is 0.477 e. The fourth-order valence-corrected chi connectivity index (χ4v) is 4.92. The van der Waals surface area contributed by atoms with Gasteiger partial charge >= 0.3 is 5.97 Å². The number of hydrogen-bond acceptors (Lipinski definition) is 5. The highest BCUT2D eigenvalue weighted by Gasteiger charge is 2.43. The molecule has 0 saturated carbocycles. The van der Waals surface area contributed by atoms with Crippen molar-refractivity contribution in [2.24, 2.45) is 0 Å². The highest BCUT2D eigenvalue weighted by molar-refractivity contribution is 7.14. The number of rotatable bonds is 4. The fourth-order valence-electron chi connectivity index (χ4n) is 3.85. The van der Waals surface area contributed by atoms with E-state index in [2.05, 4.69) is 5.10 Å². The molecule has 0 unspecified atom stereocenters. The van der Waals surface area contributed by atoms with Gasteiger partial charge in [0.05, 0.1) is 12.2 Å². The van der Waals surface area contributed by atoms with E-state index in [-0.39, 0.29) is 5.91 Å². The summed E-state index contributed by atoms with van der Waals surface area (Å²) in [6.45, 7) is 2.46. The second-order valence-electron chi connectivity index (χ2n) is 6.75. The number of amides is 1. The molecular formula is C18H21N3O4S. The average Bonchev–Trinajstić information content (AvgIpc) is 3.31. The Labute approximate surface area is 155 Å². The SMILES string of the molecule is O=C(O)c1cc2c(s1)CCOC21CCN(C(=O)CCn2cccn2)CC1. The second kappa shape index (κ2) is 6.85. The molecular weight excluding hydrogens is 354 g/mol. The van der Waals surface area contributed by atoms with Crippen LogP contribution < -0.4 is 0 Å². The highest BCUT2D eigenvalue weighted by atomic mass is 32.1. The molecule has 0 atom stereocenters. The van der Waals surface area contributed by atoms with Crippen LogP contribution in [0.15, 0.2) is 24.5 Å². The van der Waals surface area contributed by atoms with Crippen molar-refractivity contribution in [3.05, 3.63) is 39.8 Å². The Morgan fingerprint density at radius 3 is 2.85 bits per heavy atom. The summed E-state index contributed by atoms with van der Waals surface area (Å²) in [4.78, 5) is 27.2. The Morgan fingerprint density at radius 2 is 2.15 bits per heavy atom. The maximum absolute atomic E-state index is 12.5. The zero-order valence-corrected chi connectivity index (χ0v) is 15.2. The van der Waals surface area contributed by atoms with E-state index in [1.807, 2.05) is 17.2 Å². The summed E-state index contributed by atoms with van der Waals surface area (Å²) in [5.74, 6) is -0.756. The molecule has 8 heteroatoms. The lowest BCUT2D eigenvalue weighted by Crippen LogP contribution is -2.48. The fraction of sp³-hybridized carbons (Fsp3) is 0.500. The van der Waals surface area contributed by atoms with Crippen LogP contribution in [0, 0.1) is 0 Å². The highest BCUT2D eigenvalue weighted by Crippen LogP contribution is 2.44. The van der Waals surface area contributed by atoms with E-state index in [0.717, 1.165) is 16.9 Å². The number of fused-ring (bicyclic) bond motifs is 2. The van der Waals surface area contributed by atoms with Crippen LogP contribution in [-0.4, -0.2) is 51.4 Å². The van der Waals surface area contributed by atoms with E-state index in [1.165, 1.54) is 11.3 Å². The standard InChI is InChI=1S/C18H21N3O4S/c22-16(2-8-21-7-1-6-19-21)20-9-4-18(5-10-20)13-12-15(17(23)24)26-14(13)3-11-25-18/h1,6-7,12H,2-5,8-11H2,(H,23,24). The average molecular weight is 375 g/mol. The third kappa shape index (κ3) is 3.14. The van der Waals surface area contributed by atoms with Gasteiger partial charge in [-0.2, -0.15) is 5.10 Å². The van der Waals surface area contributed by atoms with Crippen LogP contribution in [0.3, 0.4) is 0 Å². The Morgan fingerprint density at radius 1 is 1.35 bits per heavy atom. The first-order chi connectivity index (χ1) is 12.6. The number of piperidine rings is 1. The molecule has 2 aliphatic heterocycles. The molecule has 1 amide bonds. The van der Waals surface area contributed by atoms with E-state index in [1.54, 1.807) is 16.9 Å². The van der Waals surface area contributed by atoms with Crippen molar-refractivity contribution in [2.75, 3.05) is 19.7 Å². The Balaban J connectivity index is 1.42. The first-order valence-electron chi connectivity index (χ1n) is 8.83. The van der Waals surface area contributed by atoms with E-state index in [4.69, 9.17) is 4.74 Å². The van der Waals surface area contributed by atoms with Crippen LogP contribution in [0.1, 0.15) is 39.4 Å². The van der Waals surface area contributed by atoms with Crippen LogP contribution in [-0.2, 0) is 28.1 Å². The molecule has 26 heavy (non-hydrogen) atoms. The predicted octanol–water partition coefficient (Wildman–Crippen LogP) is 2.12. The van der Waals surface area contributed by atoms with Crippen molar-refractivity contribution < 1.29 is 19.4 Å². The molecule has 7 nitrogen and oxygen atoms in total. The molecule has 1 fully saturated rings. The number of aromatic nitrogens is 2. The van der Waals surface area contributed by atoms with Gasteiger partial charge in [-0.15, -0.1) is 11.3 Å². The van der Waals surface area contributed by atoms with Crippen LogP contribution in [0.25, 0.3) is 0 Å². The van der Waals surface area contributed by atoms with Gasteiger partial charge in [-0.1, -0.05) is 0 Å². The molecule has 2 aromatic rings. The number of carbonyl (C=O) groups is 2. The van der Waals surface area contributed by atoms with Crippen LogP contribution in [0.5, 0.6) is 0 Å². The summed E-state index contributed by atoms with van der Waals surface area (Å²) in [5, 5.41) is 13.4. The van der Waals surface area contributed by atoms with E-state index < -0.39 is 11.6 Å². The number of carboxylic acids is 1. The number of ether oxygens (including phenoxy) is 1. The smallest absolute Gasteiger partial charge is 0.345 e. The number of nitrogens with zero attached hydrogens (tertiary/aromatic N) is 3. The number of thiophene rings is 1. The lowest BCUT2D eigenvalue weighted by Gasteiger charge is -2.44. The summed E-state index contributed by atoms with van der Waals surface area (Å²) >= 11 is 1.35. The Kier molecular flexibility index (Phi) is 4.54. The normalized spacial score (nSPS) is 18.7. The molecule has 1 N–H and O–H groups in total. The molecule has 1 spiro atoms. The third-order valence-electron chi connectivity index (χ3n) is 5.26. The van der Waals surface area contributed by atoms with Crippen LogP contribution >= 0.6 is 11.3 Å². The van der Waals surface area contributed by atoms with Gasteiger partial charge in [0.2, 0.25) is 5.91 Å². The zero-order valence-electron chi connectivity index (χ0n) is 14.4. The number of aryl methyl sites for hydroxylation is 1. The molecule has 0 aromatic carbocycles. The predicted molar refractivity (Wildman–Crippen MR) is 95.3 cm³/mol. The summed E-state index contributed by atoms with van der Waals surface area (Å²) in [5.41, 5.74) is 0.589. The van der Waals surface area contributed by atoms with Crippen molar-refractivity contribution in [3.63, 3.8) is 0 Å². The molecule has 2 aromatic heterocycles. The van der Waals surface area contributed by atoms with Crippen molar-refractivity contribution in [1.82, 2.24) is 14.7 Å². The molecule has 0 aliphatic carbocycles. The molecule has 1 saturated heterocycles. The van der Waals surface area contributed by atoms with Crippen LogP contribution in [0.4, 0.5) is 0 Å². The molecule has 0 bridgehead atoms. The lowest BCUT2D eigenvalue weighted by molar-refractivity contribution is -0.140. The van der Waals surface area contributed by atoms with E-state index >= 15 is 0 Å². The summed E-state index contributed by atoms with van der Waals surface area (Å²) < 4.78 is 7.90. The monoisotopic (exact) mass is 375 g/mol. The lowest BCUT2D eigenvalue weighted by atomic mass is 9.82. The minimum absolute atomic E-state index is 0.128. The second-order valence-corrected chi connectivity index (χ2v) is 7.88. The number of aromatic carboxylic acids is 1. The Hall–Kier alpha value is -2.19. The van der Waals surface area contributed by atoms with Gasteiger partial charge in [-0.3, -0.25) is 9.48 Å². The number of carbonyl (C=O) groups excluding carboxylic acids is 1. The summed E-state index contributed by atoms with van der Waals surface area (Å²) in [7, 11) is 0. The van der Waals surface area contributed by atoms with Gasteiger partial charge in [0, 0.05) is 49.7 Å². The summed E-state index contributed by atoms with van der Waals surface area (Å²) in [6.07, 6.45) is 6.18. The minimum Gasteiger partial charge on any atom is -0.477 e. The van der Waals surface area contributed by atoms with Gasteiger partial charge in [0.15, 0.2) is 0 Å². The molecule has 2 aliphatic rings. The maximum atomic E-state index is 12.5. The zero-order chi connectivity index (χ0) is 18.1. The van der Waals surface area contributed by atoms with Gasteiger partial charge in [-0.25, -0.2) is 4.79 Å². The third-order valence-corrected chi connectivity index (χ3v) is 6.44. The topological polar surface area (TPSA) is 84.7 Å². The Bertz CT molecular complexity index is 807.